The third-order valence-corrected chi connectivity index (χ3v) is 5.81. The summed E-state index contributed by atoms with van der Waals surface area (Å²) < 4.78 is 27.2. The number of para-hydroxylation sites is 1. The largest absolute Gasteiger partial charge is 0.439 e. The predicted molar refractivity (Wildman–Crippen MR) is 132 cm³/mol. The van der Waals surface area contributed by atoms with Gasteiger partial charge in [-0.15, -0.1) is 0 Å². The topological polar surface area (TPSA) is 59.8 Å². The third kappa shape index (κ3) is 6.88. The minimum Gasteiger partial charge on any atom is -0.439 e. The number of aliphatic hydroxyl groups excluding tert-OH is 1. The fourth-order valence-corrected chi connectivity index (χ4v) is 3.67. The summed E-state index contributed by atoms with van der Waals surface area (Å²) in [5, 5.41) is 15.4. The van der Waals surface area contributed by atoms with Gasteiger partial charge in [0.25, 0.3) is 0 Å². The molecule has 1 N–H and O–H groups in total. The summed E-state index contributed by atoms with van der Waals surface area (Å²) in [6, 6.07) is 16.0. The van der Waals surface area contributed by atoms with Crippen molar-refractivity contribution in [1.82, 2.24) is 14.7 Å². The van der Waals surface area contributed by atoms with Crippen molar-refractivity contribution in [3.63, 3.8) is 0 Å². The highest BCUT2D eigenvalue weighted by atomic mass is 19.1. The Morgan fingerprint density at radius 1 is 1.06 bits per heavy atom. The smallest absolute Gasteiger partial charge is 0.227 e. The van der Waals surface area contributed by atoms with Crippen molar-refractivity contribution in [2.24, 2.45) is 0 Å². The molecule has 3 rings (SSSR count). The number of aryl methyl sites for hydroxylation is 1. The number of aromatic nitrogens is 2. The molecule has 34 heavy (non-hydrogen) atoms. The fraction of sp³-hybridized carbons (Fsp3) is 0.444. The van der Waals surface area contributed by atoms with E-state index in [2.05, 4.69) is 18.7 Å². The van der Waals surface area contributed by atoms with E-state index in [1.807, 2.05) is 51.1 Å². The number of hydrogen-bond donors (Lipinski definition) is 1. The number of aliphatic hydroxyl groups is 1. The quantitative estimate of drug-likeness (QED) is 0.380. The molecule has 1 heterocycles. The van der Waals surface area contributed by atoms with Gasteiger partial charge in [-0.2, -0.15) is 5.10 Å². The Balaban J connectivity index is 1.95. The first kappa shape index (κ1) is 25.9. The number of halogens is 1. The van der Waals surface area contributed by atoms with Crippen LogP contribution in [-0.2, 0) is 11.3 Å². The molecular weight excluding hydrogens is 433 g/mol. The second kappa shape index (κ2) is 12.1. The molecule has 0 aliphatic heterocycles. The summed E-state index contributed by atoms with van der Waals surface area (Å²) in [7, 11) is 0. The van der Waals surface area contributed by atoms with Crippen LogP contribution in [0, 0.1) is 12.7 Å². The Labute approximate surface area is 201 Å². The van der Waals surface area contributed by atoms with Crippen molar-refractivity contribution in [2.75, 3.05) is 13.2 Å². The Bertz CT molecular complexity index is 1020. The Kier molecular flexibility index (Phi) is 9.21. The second-order valence-corrected chi connectivity index (χ2v) is 8.90. The highest BCUT2D eigenvalue weighted by Crippen LogP contribution is 2.32. The van der Waals surface area contributed by atoms with Crippen LogP contribution in [0.2, 0.25) is 0 Å². The van der Waals surface area contributed by atoms with Crippen molar-refractivity contribution in [3.8, 4) is 17.3 Å². The minimum absolute atomic E-state index is 0.0637. The number of nitrogens with zero attached hydrogens (tertiary/aromatic N) is 3. The molecule has 2 aromatic carbocycles. The van der Waals surface area contributed by atoms with Gasteiger partial charge >= 0.3 is 0 Å². The molecule has 0 saturated heterocycles. The van der Waals surface area contributed by atoms with Crippen molar-refractivity contribution >= 4 is 0 Å². The van der Waals surface area contributed by atoms with Crippen LogP contribution in [0.1, 0.15) is 45.4 Å². The van der Waals surface area contributed by atoms with Crippen LogP contribution in [-0.4, -0.2) is 51.2 Å². The molecule has 0 unspecified atom stereocenters. The molecular formula is C27H36FN3O3. The maximum absolute atomic E-state index is 13.5. The van der Waals surface area contributed by atoms with Gasteiger partial charge in [0.15, 0.2) is 0 Å². The van der Waals surface area contributed by atoms with Gasteiger partial charge in [0.05, 0.1) is 35.8 Å². The van der Waals surface area contributed by atoms with Gasteiger partial charge in [0.1, 0.15) is 11.6 Å². The van der Waals surface area contributed by atoms with Gasteiger partial charge in [-0.05, 0) is 70.5 Å². The highest BCUT2D eigenvalue weighted by molar-refractivity contribution is 5.43. The molecule has 7 heteroatoms. The van der Waals surface area contributed by atoms with Gasteiger partial charge in [-0.1, -0.05) is 25.1 Å². The zero-order chi connectivity index (χ0) is 24.7. The Morgan fingerprint density at radius 2 is 1.74 bits per heavy atom. The highest BCUT2D eigenvalue weighted by Gasteiger charge is 2.25. The van der Waals surface area contributed by atoms with E-state index in [1.165, 1.54) is 12.1 Å². The van der Waals surface area contributed by atoms with Gasteiger partial charge < -0.3 is 14.6 Å². The molecule has 0 saturated carbocycles. The van der Waals surface area contributed by atoms with Crippen molar-refractivity contribution in [2.45, 2.75) is 65.8 Å². The molecule has 0 bridgehead atoms. The second-order valence-electron chi connectivity index (χ2n) is 8.90. The van der Waals surface area contributed by atoms with Crippen molar-refractivity contribution in [1.29, 1.82) is 0 Å². The summed E-state index contributed by atoms with van der Waals surface area (Å²) in [5.41, 5.74) is 2.63. The molecule has 0 amide bonds. The molecule has 184 valence electrons. The van der Waals surface area contributed by atoms with Gasteiger partial charge in [-0.25, -0.2) is 9.07 Å². The van der Waals surface area contributed by atoms with E-state index < -0.39 is 6.10 Å². The molecule has 6 nitrogen and oxygen atoms in total. The van der Waals surface area contributed by atoms with Gasteiger partial charge in [0, 0.05) is 19.1 Å². The van der Waals surface area contributed by atoms with Crippen molar-refractivity contribution in [3.05, 3.63) is 71.7 Å². The number of ether oxygens (including phenoxy) is 2. The van der Waals surface area contributed by atoms with Crippen LogP contribution in [0.4, 0.5) is 4.39 Å². The SMILES string of the molecule is CC[C@H](C)N(Cc1c(C)nn(-c2ccccc2)c1Oc1ccc(F)cc1)C[C@H](O)COC(C)C. The average molecular weight is 470 g/mol. The van der Waals surface area contributed by atoms with Crippen LogP contribution in [0.3, 0.4) is 0 Å². The lowest BCUT2D eigenvalue weighted by Crippen LogP contribution is -2.40. The summed E-state index contributed by atoms with van der Waals surface area (Å²) in [4.78, 5) is 2.23. The van der Waals surface area contributed by atoms with Crippen LogP contribution < -0.4 is 4.74 Å². The standard InChI is InChI=1S/C27H36FN3O3/c1-6-20(4)30(16-24(32)18-33-19(2)3)17-26-21(5)29-31(23-10-8-7-9-11-23)27(26)34-25-14-12-22(28)13-15-25/h7-15,19-20,24,32H,6,16-18H2,1-5H3/t20-,24-/m0/s1. The lowest BCUT2D eigenvalue weighted by Gasteiger charge is -2.30. The maximum Gasteiger partial charge on any atom is 0.227 e. The van der Waals surface area contributed by atoms with Crippen LogP contribution in [0.15, 0.2) is 54.6 Å². The van der Waals surface area contributed by atoms with E-state index in [0.717, 1.165) is 23.4 Å². The predicted octanol–water partition coefficient (Wildman–Crippen LogP) is 5.50. The summed E-state index contributed by atoms with van der Waals surface area (Å²) >= 11 is 0. The lowest BCUT2D eigenvalue weighted by atomic mass is 10.1. The van der Waals surface area contributed by atoms with Crippen LogP contribution in [0.5, 0.6) is 11.6 Å². The molecule has 0 aliphatic rings. The monoisotopic (exact) mass is 469 g/mol. The fourth-order valence-electron chi connectivity index (χ4n) is 3.67. The van der Waals surface area contributed by atoms with Gasteiger partial charge in [-0.3, -0.25) is 4.90 Å². The molecule has 0 spiro atoms. The summed E-state index contributed by atoms with van der Waals surface area (Å²) in [5.74, 6) is 0.789. The zero-order valence-electron chi connectivity index (χ0n) is 20.7. The van der Waals surface area contributed by atoms with Crippen LogP contribution >= 0.6 is 0 Å². The first-order chi connectivity index (χ1) is 16.3. The van der Waals surface area contributed by atoms with E-state index in [-0.39, 0.29) is 24.6 Å². The molecule has 0 radical (unpaired) electrons. The lowest BCUT2D eigenvalue weighted by molar-refractivity contribution is -0.0150. The molecule has 3 aromatic rings. The summed E-state index contributed by atoms with van der Waals surface area (Å²) in [6.07, 6.45) is 0.383. The van der Waals surface area contributed by atoms with E-state index in [4.69, 9.17) is 14.6 Å². The van der Waals surface area contributed by atoms with Gasteiger partial charge in [0.2, 0.25) is 5.88 Å². The summed E-state index contributed by atoms with van der Waals surface area (Å²) in [6.45, 7) is 11.4. The maximum atomic E-state index is 13.5. The minimum atomic E-state index is -0.609. The molecule has 0 aliphatic carbocycles. The first-order valence-corrected chi connectivity index (χ1v) is 11.9. The molecule has 0 fully saturated rings. The Hall–Kier alpha value is -2.74. The van der Waals surface area contributed by atoms with E-state index >= 15 is 0 Å². The van der Waals surface area contributed by atoms with E-state index in [9.17, 15) is 9.50 Å². The molecule has 1 aromatic heterocycles. The normalized spacial score (nSPS) is 13.4. The zero-order valence-corrected chi connectivity index (χ0v) is 20.7. The Morgan fingerprint density at radius 3 is 2.35 bits per heavy atom. The van der Waals surface area contributed by atoms with Crippen molar-refractivity contribution < 1.29 is 19.0 Å². The van der Waals surface area contributed by atoms with E-state index in [1.54, 1.807) is 16.8 Å². The average Bonchev–Trinajstić information content (AvgIpc) is 3.13. The van der Waals surface area contributed by atoms with Crippen LogP contribution in [0.25, 0.3) is 5.69 Å². The molecule has 2 atom stereocenters. The number of benzene rings is 2. The van der Waals surface area contributed by atoms with E-state index in [0.29, 0.717) is 24.7 Å². The third-order valence-electron chi connectivity index (χ3n) is 5.81. The number of rotatable bonds is 12. The first-order valence-electron chi connectivity index (χ1n) is 11.9. The number of hydrogen-bond acceptors (Lipinski definition) is 5.